The van der Waals surface area contributed by atoms with Gasteiger partial charge in [0.05, 0.1) is 12.6 Å². The second kappa shape index (κ2) is 6.70. The van der Waals surface area contributed by atoms with Crippen molar-refractivity contribution in [2.24, 2.45) is 0 Å². The molecule has 0 bridgehead atoms. The molecule has 0 radical (unpaired) electrons. The Hall–Kier alpha value is -1.62. The van der Waals surface area contributed by atoms with Gasteiger partial charge >= 0.3 is 6.03 Å². The number of amides is 2. The zero-order valence-electron chi connectivity index (χ0n) is 12.0. The van der Waals surface area contributed by atoms with Crippen molar-refractivity contribution in [2.75, 3.05) is 20.3 Å². The minimum atomic E-state index is -0.279. The third-order valence-corrected chi connectivity index (χ3v) is 3.74. The van der Waals surface area contributed by atoms with E-state index in [9.17, 15) is 9.18 Å². The van der Waals surface area contributed by atoms with E-state index in [1.165, 1.54) is 12.1 Å². The lowest BCUT2D eigenvalue weighted by Gasteiger charge is -2.24. The van der Waals surface area contributed by atoms with Crippen LogP contribution in [-0.4, -0.2) is 37.2 Å². The van der Waals surface area contributed by atoms with Gasteiger partial charge < -0.3 is 15.0 Å². The molecule has 1 aliphatic heterocycles. The van der Waals surface area contributed by atoms with Crippen molar-refractivity contribution in [3.63, 3.8) is 0 Å². The minimum absolute atomic E-state index is 0.104. The summed E-state index contributed by atoms with van der Waals surface area (Å²) in [4.78, 5) is 14.0. The Balaban J connectivity index is 1.93. The number of urea groups is 1. The van der Waals surface area contributed by atoms with E-state index < -0.39 is 0 Å². The molecule has 1 atom stereocenters. The van der Waals surface area contributed by atoms with E-state index in [2.05, 4.69) is 5.32 Å². The van der Waals surface area contributed by atoms with Crippen molar-refractivity contribution in [1.82, 2.24) is 10.2 Å². The normalized spacial score (nSPS) is 18.4. The molecule has 1 aliphatic rings. The molecule has 110 valence electrons. The van der Waals surface area contributed by atoms with Crippen LogP contribution in [0.15, 0.2) is 18.2 Å². The quantitative estimate of drug-likeness (QED) is 0.920. The lowest BCUT2D eigenvalue weighted by Crippen LogP contribution is -2.44. The molecule has 1 fully saturated rings. The van der Waals surface area contributed by atoms with Crippen LogP contribution < -0.4 is 5.32 Å². The fourth-order valence-electron chi connectivity index (χ4n) is 2.57. The molecular formula is C15H21FN2O2. The number of nitrogens with zero attached hydrogens (tertiary/aromatic N) is 1. The molecule has 4 nitrogen and oxygen atoms in total. The van der Waals surface area contributed by atoms with Crippen molar-refractivity contribution < 1.29 is 13.9 Å². The Bertz CT molecular complexity index is 479. The van der Waals surface area contributed by atoms with E-state index >= 15 is 0 Å². The van der Waals surface area contributed by atoms with E-state index in [0.717, 1.165) is 30.5 Å². The fraction of sp³-hybridized carbons (Fsp3) is 0.533. The maximum atomic E-state index is 13.2. The number of rotatable bonds is 4. The Morgan fingerprint density at radius 3 is 3.10 bits per heavy atom. The molecule has 5 heteroatoms. The number of halogens is 1. The maximum absolute atomic E-state index is 13.2. The lowest BCUT2D eigenvalue weighted by molar-refractivity contribution is 0.123. The molecule has 0 aromatic heterocycles. The van der Waals surface area contributed by atoms with E-state index in [-0.39, 0.29) is 17.9 Å². The van der Waals surface area contributed by atoms with Crippen molar-refractivity contribution in [2.45, 2.75) is 32.4 Å². The van der Waals surface area contributed by atoms with E-state index in [1.54, 1.807) is 18.1 Å². The van der Waals surface area contributed by atoms with E-state index in [4.69, 9.17) is 4.74 Å². The highest BCUT2D eigenvalue weighted by Gasteiger charge is 2.28. The van der Waals surface area contributed by atoms with E-state index in [1.807, 2.05) is 6.92 Å². The van der Waals surface area contributed by atoms with Gasteiger partial charge in [-0.2, -0.15) is 0 Å². The first-order chi connectivity index (χ1) is 9.61. The van der Waals surface area contributed by atoms with Gasteiger partial charge in [0.25, 0.3) is 0 Å². The van der Waals surface area contributed by atoms with Crippen LogP contribution >= 0.6 is 0 Å². The first-order valence-corrected chi connectivity index (χ1v) is 6.90. The summed E-state index contributed by atoms with van der Waals surface area (Å²) in [5.74, 6) is -0.279. The van der Waals surface area contributed by atoms with Crippen LogP contribution in [0.1, 0.15) is 24.0 Å². The summed E-state index contributed by atoms with van der Waals surface area (Å²) in [6, 6.07) is 4.66. The van der Waals surface area contributed by atoms with Crippen LogP contribution in [0.3, 0.4) is 0 Å². The molecule has 1 N–H and O–H groups in total. The highest BCUT2D eigenvalue weighted by atomic mass is 19.1. The molecule has 1 aromatic carbocycles. The van der Waals surface area contributed by atoms with Gasteiger partial charge in [-0.25, -0.2) is 9.18 Å². The van der Waals surface area contributed by atoms with Crippen molar-refractivity contribution >= 4 is 6.03 Å². The lowest BCUT2D eigenvalue weighted by atomic mass is 10.1. The molecule has 0 aliphatic carbocycles. The minimum Gasteiger partial charge on any atom is -0.383 e. The largest absolute Gasteiger partial charge is 0.383 e. The number of carbonyl (C=O) groups is 1. The number of aryl methyl sites for hydroxylation is 1. The summed E-state index contributed by atoms with van der Waals surface area (Å²) in [5.41, 5.74) is 1.78. The molecular weight excluding hydrogens is 259 g/mol. The smallest absolute Gasteiger partial charge is 0.317 e. The number of methoxy groups -OCH3 is 1. The van der Waals surface area contributed by atoms with E-state index in [0.29, 0.717) is 13.2 Å². The summed E-state index contributed by atoms with van der Waals surface area (Å²) in [6.07, 6.45) is 1.97. The monoisotopic (exact) mass is 280 g/mol. The van der Waals surface area contributed by atoms with Gasteiger partial charge in [-0.15, -0.1) is 0 Å². The second-order valence-corrected chi connectivity index (χ2v) is 5.17. The van der Waals surface area contributed by atoms with Crippen LogP contribution in [0.5, 0.6) is 0 Å². The molecule has 2 amide bonds. The first-order valence-electron chi connectivity index (χ1n) is 6.90. The zero-order valence-corrected chi connectivity index (χ0v) is 12.0. The SMILES string of the molecule is COC[C@@H]1CCCN1C(=O)NCc1cc(F)ccc1C. The fourth-order valence-corrected chi connectivity index (χ4v) is 2.57. The summed E-state index contributed by atoms with van der Waals surface area (Å²) in [7, 11) is 1.64. The summed E-state index contributed by atoms with van der Waals surface area (Å²) < 4.78 is 18.3. The highest BCUT2D eigenvalue weighted by molar-refractivity contribution is 5.74. The van der Waals surface area contributed by atoms with Crippen LogP contribution in [0.25, 0.3) is 0 Å². The molecule has 0 saturated carbocycles. The number of hydrogen-bond donors (Lipinski definition) is 1. The zero-order chi connectivity index (χ0) is 14.5. The number of benzene rings is 1. The van der Waals surface area contributed by atoms with Gasteiger partial charge in [-0.05, 0) is 43.0 Å². The Morgan fingerprint density at radius 1 is 1.55 bits per heavy atom. The van der Waals surface area contributed by atoms with Gasteiger partial charge in [0.1, 0.15) is 5.82 Å². The van der Waals surface area contributed by atoms with Gasteiger partial charge in [0.2, 0.25) is 0 Å². The number of likely N-dealkylation sites (tertiary alicyclic amines) is 1. The van der Waals surface area contributed by atoms with Gasteiger partial charge in [0.15, 0.2) is 0 Å². The molecule has 20 heavy (non-hydrogen) atoms. The number of nitrogens with one attached hydrogen (secondary N) is 1. The molecule has 0 unspecified atom stereocenters. The highest BCUT2D eigenvalue weighted by Crippen LogP contribution is 2.17. The molecule has 1 aromatic rings. The molecule has 1 heterocycles. The summed E-state index contributed by atoms with van der Waals surface area (Å²) in [6.45, 7) is 3.57. The predicted molar refractivity (Wildman–Crippen MR) is 75.0 cm³/mol. The third-order valence-electron chi connectivity index (χ3n) is 3.74. The average molecular weight is 280 g/mol. The first kappa shape index (κ1) is 14.8. The Morgan fingerprint density at radius 2 is 2.35 bits per heavy atom. The van der Waals surface area contributed by atoms with Crippen molar-refractivity contribution in [3.8, 4) is 0 Å². The summed E-state index contributed by atoms with van der Waals surface area (Å²) >= 11 is 0. The average Bonchev–Trinajstić information content (AvgIpc) is 2.88. The van der Waals surface area contributed by atoms with Gasteiger partial charge in [-0.1, -0.05) is 6.07 Å². The second-order valence-electron chi connectivity index (χ2n) is 5.17. The van der Waals surface area contributed by atoms with Crippen LogP contribution in [0.4, 0.5) is 9.18 Å². The number of ether oxygens (including phenoxy) is 1. The molecule has 1 saturated heterocycles. The standard InChI is InChI=1S/C15H21FN2O2/c1-11-5-6-13(16)8-12(11)9-17-15(19)18-7-3-4-14(18)10-20-2/h5-6,8,14H,3-4,7,9-10H2,1-2H3,(H,17,19)/t14-/m0/s1. The number of carbonyl (C=O) groups excluding carboxylic acids is 1. The third kappa shape index (κ3) is 3.48. The summed E-state index contributed by atoms with van der Waals surface area (Å²) in [5, 5.41) is 2.86. The maximum Gasteiger partial charge on any atom is 0.317 e. The molecule has 2 rings (SSSR count). The Kier molecular flexibility index (Phi) is 4.95. The van der Waals surface area contributed by atoms with Crippen LogP contribution in [-0.2, 0) is 11.3 Å². The van der Waals surface area contributed by atoms with Gasteiger partial charge in [-0.3, -0.25) is 0 Å². The molecule has 0 spiro atoms. The van der Waals surface area contributed by atoms with Crippen LogP contribution in [0, 0.1) is 12.7 Å². The Labute approximate surface area is 118 Å². The van der Waals surface area contributed by atoms with Crippen LogP contribution in [0.2, 0.25) is 0 Å². The van der Waals surface area contributed by atoms with Crippen molar-refractivity contribution in [3.05, 3.63) is 35.1 Å². The number of hydrogen-bond acceptors (Lipinski definition) is 2. The topological polar surface area (TPSA) is 41.6 Å². The predicted octanol–water partition coefficient (Wildman–Crippen LogP) is 2.45. The van der Waals surface area contributed by atoms with Gasteiger partial charge in [0, 0.05) is 20.2 Å². The van der Waals surface area contributed by atoms with Crippen molar-refractivity contribution in [1.29, 1.82) is 0 Å².